The molecule has 2 aromatic rings. The Morgan fingerprint density at radius 3 is 2.44 bits per heavy atom. The molecular formula is C24H27F2N. The zero-order chi connectivity index (χ0) is 19.2. The molecule has 0 N–H and O–H groups in total. The Hall–Kier alpha value is -2.21. The Morgan fingerprint density at radius 2 is 1.74 bits per heavy atom. The van der Waals surface area contributed by atoms with Crippen LogP contribution >= 0.6 is 0 Å². The van der Waals surface area contributed by atoms with E-state index in [0.29, 0.717) is 18.4 Å². The largest absolute Gasteiger partial charge is 0.207 e. The summed E-state index contributed by atoms with van der Waals surface area (Å²) in [7, 11) is 0. The van der Waals surface area contributed by atoms with Gasteiger partial charge in [-0.3, -0.25) is 0 Å². The van der Waals surface area contributed by atoms with Crippen LogP contribution in [0.4, 0.5) is 8.78 Å². The van der Waals surface area contributed by atoms with Crippen LogP contribution in [-0.4, -0.2) is 0 Å². The Kier molecular flexibility index (Phi) is 6.61. The Bertz CT molecular complexity index is 812. The highest BCUT2D eigenvalue weighted by atomic mass is 19.1. The van der Waals surface area contributed by atoms with Gasteiger partial charge in [0.25, 0.3) is 0 Å². The number of hydrogen-bond donors (Lipinski definition) is 0. The summed E-state index contributed by atoms with van der Waals surface area (Å²) in [4.78, 5) is 0. The van der Waals surface area contributed by atoms with Crippen LogP contribution < -0.4 is 0 Å². The molecule has 0 saturated heterocycles. The van der Waals surface area contributed by atoms with E-state index >= 15 is 0 Å². The third-order valence-corrected chi connectivity index (χ3v) is 5.68. The van der Waals surface area contributed by atoms with Gasteiger partial charge in [-0.05, 0) is 79.0 Å². The van der Waals surface area contributed by atoms with E-state index in [2.05, 4.69) is 13.0 Å². The molecule has 2 aromatic carbocycles. The summed E-state index contributed by atoms with van der Waals surface area (Å²) in [6.45, 7) is 2.18. The summed E-state index contributed by atoms with van der Waals surface area (Å²) in [6, 6.07) is 10.8. The molecule has 0 bridgehead atoms. The summed E-state index contributed by atoms with van der Waals surface area (Å²) >= 11 is 0. The summed E-state index contributed by atoms with van der Waals surface area (Å²) in [5, 5.41) is 9.02. The van der Waals surface area contributed by atoms with Crippen molar-refractivity contribution < 1.29 is 8.78 Å². The molecule has 3 rings (SSSR count). The Morgan fingerprint density at radius 1 is 1.00 bits per heavy atom. The van der Waals surface area contributed by atoms with Crippen LogP contribution in [0.15, 0.2) is 30.3 Å². The molecule has 0 aromatic heterocycles. The van der Waals surface area contributed by atoms with Gasteiger partial charge in [-0.1, -0.05) is 38.7 Å². The smallest absolute Gasteiger partial charge is 0.129 e. The molecule has 0 radical (unpaired) electrons. The number of benzene rings is 2. The van der Waals surface area contributed by atoms with Crippen LogP contribution in [0, 0.1) is 23.0 Å². The standard InChI is InChI=1S/C24H27F2N/c1-2-3-4-5-6-7-17-13-22(25)24(23(26)14-17)21-11-10-19-12-18(16-27)8-9-20(19)15-21/h8-9,12-14,21H,2-7,10-11,15H2,1H3. The fourth-order valence-electron chi connectivity index (χ4n) is 4.17. The number of fused-ring (bicyclic) bond motifs is 1. The lowest BCUT2D eigenvalue weighted by Crippen LogP contribution is -2.16. The van der Waals surface area contributed by atoms with Gasteiger partial charge < -0.3 is 0 Å². The maximum Gasteiger partial charge on any atom is 0.129 e. The molecule has 0 aliphatic heterocycles. The number of halogens is 2. The lowest BCUT2D eigenvalue weighted by molar-refractivity contribution is 0.489. The van der Waals surface area contributed by atoms with E-state index in [9.17, 15) is 8.78 Å². The van der Waals surface area contributed by atoms with E-state index in [1.54, 1.807) is 6.07 Å². The van der Waals surface area contributed by atoms with Crippen molar-refractivity contribution >= 4 is 0 Å². The predicted molar refractivity (Wildman–Crippen MR) is 105 cm³/mol. The molecule has 142 valence electrons. The minimum atomic E-state index is -0.402. The molecule has 1 aliphatic carbocycles. The number of aryl methyl sites for hydroxylation is 2. The van der Waals surface area contributed by atoms with E-state index in [4.69, 9.17) is 5.26 Å². The van der Waals surface area contributed by atoms with Gasteiger partial charge in [0, 0.05) is 5.56 Å². The lowest BCUT2D eigenvalue weighted by Gasteiger charge is -2.26. The van der Waals surface area contributed by atoms with Crippen molar-refractivity contribution in [3.8, 4) is 6.07 Å². The van der Waals surface area contributed by atoms with Crippen LogP contribution in [0.5, 0.6) is 0 Å². The van der Waals surface area contributed by atoms with Gasteiger partial charge in [0.15, 0.2) is 0 Å². The second-order valence-corrected chi connectivity index (χ2v) is 7.67. The van der Waals surface area contributed by atoms with Gasteiger partial charge in [0.2, 0.25) is 0 Å². The van der Waals surface area contributed by atoms with Crippen LogP contribution in [0.25, 0.3) is 0 Å². The zero-order valence-corrected chi connectivity index (χ0v) is 16.0. The van der Waals surface area contributed by atoms with Crippen LogP contribution in [0.1, 0.15) is 79.2 Å². The van der Waals surface area contributed by atoms with E-state index < -0.39 is 11.6 Å². The summed E-state index contributed by atoms with van der Waals surface area (Å²) in [5.74, 6) is -0.939. The quantitative estimate of drug-likeness (QED) is 0.504. The van der Waals surface area contributed by atoms with Gasteiger partial charge in [0.1, 0.15) is 11.6 Å². The first-order valence-electron chi connectivity index (χ1n) is 10.1. The third-order valence-electron chi connectivity index (χ3n) is 5.68. The van der Waals surface area contributed by atoms with Crippen molar-refractivity contribution in [3.05, 3.63) is 69.8 Å². The van der Waals surface area contributed by atoms with Crippen LogP contribution in [-0.2, 0) is 19.3 Å². The molecule has 0 spiro atoms. The molecule has 3 heteroatoms. The van der Waals surface area contributed by atoms with E-state index in [1.807, 2.05) is 12.1 Å². The van der Waals surface area contributed by atoms with Gasteiger partial charge >= 0.3 is 0 Å². The molecule has 1 atom stereocenters. The van der Waals surface area contributed by atoms with Crippen molar-refractivity contribution in [2.45, 2.75) is 70.6 Å². The first kappa shape index (κ1) is 19.5. The van der Waals surface area contributed by atoms with Gasteiger partial charge in [0.05, 0.1) is 11.6 Å². The molecule has 27 heavy (non-hydrogen) atoms. The monoisotopic (exact) mass is 367 g/mol. The highest BCUT2D eigenvalue weighted by molar-refractivity contribution is 5.41. The normalized spacial score (nSPS) is 16.0. The highest BCUT2D eigenvalue weighted by Gasteiger charge is 2.26. The fourth-order valence-corrected chi connectivity index (χ4v) is 4.17. The number of hydrogen-bond acceptors (Lipinski definition) is 1. The van der Waals surface area contributed by atoms with Crippen molar-refractivity contribution in [3.63, 3.8) is 0 Å². The molecule has 1 unspecified atom stereocenters. The molecule has 0 fully saturated rings. The van der Waals surface area contributed by atoms with Crippen molar-refractivity contribution in [1.82, 2.24) is 0 Å². The average molecular weight is 367 g/mol. The molecule has 1 aliphatic rings. The zero-order valence-electron chi connectivity index (χ0n) is 16.0. The first-order valence-corrected chi connectivity index (χ1v) is 10.1. The molecular weight excluding hydrogens is 340 g/mol. The molecule has 1 nitrogen and oxygen atoms in total. The van der Waals surface area contributed by atoms with Gasteiger partial charge in [-0.2, -0.15) is 5.26 Å². The van der Waals surface area contributed by atoms with Crippen molar-refractivity contribution in [1.29, 1.82) is 5.26 Å². The summed E-state index contributed by atoms with van der Waals surface area (Å²) in [5.41, 5.74) is 3.88. The maximum atomic E-state index is 14.7. The average Bonchev–Trinajstić information content (AvgIpc) is 2.67. The maximum absolute atomic E-state index is 14.7. The fraction of sp³-hybridized carbons (Fsp3) is 0.458. The van der Waals surface area contributed by atoms with Gasteiger partial charge in [-0.15, -0.1) is 0 Å². The van der Waals surface area contributed by atoms with Crippen LogP contribution in [0.2, 0.25) is 0 Å². The third kappa shape index (κ3) is 4.75. The van der Waals surface area contributed by atoms with Crippen molar-refractivity contribution in [2.75, 3.05) is 0 Å². The van der Waals surface area contributed by atoms with Crippen molar-refractivity contribution in [2.24, 2.45) is 0 Å². The summed E-state index contributed by atoms with van der Waals surface area (Å²) < 4.78 is 29.5. The molecule has 0 saturated carbocycles. The predicted octanol–water partition coefficient (Wildman–Crippen LogP) is 6.62. The second kappa shape index (κ2) is 9.13. The highest BCUT2D eigenvalue weighted by Crippen LogP contribution is 2.36. The number of nitrogens with zero attached hydrogens (tertiary/aromatic N) is 1. The Balaban J connectivity index is 1.70. The van der Waals surface area contributed by atoms with Crippen LogP contribution in [0.3, 0.4) is 0 Å². The second-order valence-electron chi connectivity index (χ2n) is 7.67. The first-order chi connectivity index (χ1) is 13.1. The SMILES string of the molecule is CCCCCCCc1cc(F)c(C2CCc3cc(C#N)ccc3C2)c(F)c1. The van der Waals surface area contributed by atoms with E-state index in [1.165, 1.54) is 31.4 Å². The van der Waals surface area contributed by atoms with Gasteiger partial charge in [-0.25, -0.2) is 8.78 Å². The molecule has 0 amide bonds. The number of unbranched alkanes of at least 4 members (excludes halogenated alkanes) is 4. The summed E-state index contributed by atoms with van der Waals surface area (Å²) in [6.07, 6.45) is 8.54. The lowest BCUT2D eigenvalue weighted by atomic mass is 9.79. The van der Waals surface area contributed by atoms with E-state index in [0.717, 1.165) is 42.4 Å². The molecule has 0 heterocycles. The minimum Gasteiger partial charge on any atom is -0.207 e. The topological polar surface area (TPSA) is 23.8 Å². The number of nitriles is 1. The van der Waals surface area contributed by atoms with E-state index in [-0.39, 0.29) is 11.5 Å². The number of rotatable bonds is 7. The Labute approximate surface area is 161 Å². The minimum absolute atomic E-state index is 0.135.